The van der Waals surface area contributed by atoms with Gasteiger partial charge in [-0.25, -0.2) is 8.42 Å². The summed E-state index contributed by atoms with van der Waals surface area (Å²) in [4.78, 5) is 105. The summed E-state index contributed by atoms with van der Waals surface area (Å²) in [6.07, 6.45) is 35.0. The van der Waals surface area contributed by atoms with E-state index in [4.69, 9.17) is 9.15 Å². The van der Waals surface area contributed by atoms with Crippen LogP contribution in [0.15, 0.2) is 176 Å². The first-order chi connectivity index (χ1) is 69.9. The molecule has 0 bridgehead atoms. The van der Waals surface area contributed by atoms with Gasteiger partial charge in [0.2, 0.25) is 29.5 Å². The molecule has 8 heterocycles. The Balaban J connectivity index is -0.000000786. The van der Waals surface area contributed by atoms with Crippen molar-refractivity contribution in [1.82, 2.24) is 90.0 Å². The topological polar surface area (TPSA) is 371 Å². The van der Waals surface area contributed by atoms with Gasteiger partial charge in [0.15, 0.2) is 9.84 Å². The van der Waals surface area contributed by atoms with Gasteiger partial charge in [-0.05, 0) is 134 Å². The zero-order valence-electron chi connectivity index (χ0n) is 97.4. The van der Waals surface area contributed by atoms with Crippen LogP contribution in [0.3, 0.4) is 0 Å². The lowest BCUT2D eigenvalue weighted by molar-refractivity contribution is -0.149. The summed E-state index contributed by atoms with van der Waals surface area (Å²) in [5.41, 5.74) is 12.5. The third-order valence-corrected chi connectivity index (χ3v) is 26.6. The van der Waals surface area contributed by atoms with Gasteiger partial charge in [0.05, 0.1) is 60.0 Å². The van der Waals surface area contributed by atoms with E-state index in [2.05, 4.69) is 173 Å². The van der Waals surface area contributed by atoms with E-state index in [0.29, 0.717) is 124 Å². The van der Waals surface area contributed by atoms with Crippen LogP contribution in [0.1, 0.15) is 331 Å². The number of benzene rings is 1. The lowest BCUT2D eigenvalue weighted by Gasteiger charge is -2.32. The van der Waals surface area contributed by atoms with Gasteiger partial charge in [0.1, 0.15) is 29.7 Å². The summed E-state index contributed by atoms with van der Waals surface area (Å²) in [5.74, 6) is 8.29. The maximum Gasteiger partial charge on any atom is 0.308 e. The minimum absolute atomic E-state index is 0. The number of hydrogen-bond donors (Lipinski definition) is 3. The highest BCUT2D eigenvalue weighted by Gasteiger charge is 2.25. The Morgan fingerprint density at radius 1 is 0.483 bits per heavy atom. The number of rotatable bonds is 41. The number of aryl methyl sites for hydroxylation is 8. The highest BCUT2D eigenvalue weighted by Crippen LogP contribution is 2.34. The SMILES string of the molecule is C=C(C(C)C)N1CCS(=O)(=O)CC1.C=C(CCC1CCCC1)C(C)C.C=C(CCc1ccnn1C)C(C)C.C=C(NCc1ccnn1C)C(C)C.CC(C)C(=O)CCC1CC1.CC(C)C(=O)C[C@H](C)c1ccccc1.CC(C)C(=O)NCc1ccncc1.CC(C)C(=O)NCc1cnccn1.CC(C)C(=O)OCc1ccnn1C.CCN(C)C(=O)C(C)C.Cc1cnn(CCC(=O)C(C)C)c1.Cc1nnc(CCC(=O)C(C)C)o1.[HH].[HH].[HH]. The van der Waals surface area contributed by atoms with Crippen molar-refractivity contribution in [3.63, 3.8) is 0 Å². The van der Waals surface area contributed by atoms with Crippen molar-refractivity contribution in [3.8, 4) is 0 Å². The number of pyridine rings is 1. The number of esters is 1. The molecule has 3 aliphatic rings. The van der Waals surface area contributed by atoms with E-state index < -0.39 is 9.84 Å². The van der Waals surface area contributed by atoms with Crippen LogP contribution < -0.4 is 16.0 Å². The van der Waals surface area contributed by atoms with E-state index in [0.717, 1.165) is 84.5 Å². The number of sulfone groups is 1. The van der Waals surface area contributed by atoms with Gasteiger partial charge in [-0.15, -0.1) is 10.2 Å². The van der Waals surface area contributed by atoms with Crippen molar-refractivity contribution < 1.29 is 60.2 Å². The average Bonchev–Trinajstić information content (AvgIpc) is 1.31. The zero-order valence-corrected chi connectivity index (χ0v) is 98.3. The van der Waals surface area contributed by atoms with Crippen molar-refractivity contribution >= 4 is 56.7 Å². The summed E-state index contributed by atoms with van der Waals surface area (Å²) in [7, 11) is 4.80. The number of nitrogens with one attached hydrogen (secondary N) is 3. The van der Waals surface area contributed by atoms with Crippen LogP contribution in [0.2, 0.25) is 0 Å². The van der Waals surface area contributed by atoms with E-state index in [9.17, 15) is 46.8 Å². The third-order valence-electron chi connectivity index (χ3n) is 25.0. The smallest absolute Gasteiger partial charge is 0.308 e. The minimum Gasteiger partial charge on any atom is -0.459 e. The van der Waals surface area contributed by atoms with Crippen molar-refractivity contribution in [2.75, 3.05) is 38.2 Å². The van der Waals surface area contributed by atoms with Crippen LogP contribution in [0.25, 0.3) is 0 Å². The van der Waals surface area contributed by atoms with Crippen molar-refractivity contribution in [2.45, 2.75) is 335 Å². The molecule has 7 aromatic heterocycles. The number of Topliss-reactive ketones (excluding diaryl/α,β-unsaturated/α-hetero) is 4. The fourth-order valence-electron chi connectivity index (χ4n) is 13.2. The largest absolute Gasteiger partial charge is 0.459 e. The molecule has 30 nitrogen and oxygen atoms in total. The lowest BCUT2D eigenvalue weighted by atomic mass is 9.92. The molecular weight excluding hydrogens is 1890 g/mol. The number of ketones is 4. The minimum atomic E-state index is -2.76. The highest BCUT2D eigenvalue weighted by molar-refractivity contribution is 7.91. The molecule has 2 saturated carbocycles. The van der Waals surface area contributed by atoms with Gasteiger partial charge in [-0.2, -0.15) is 20.4 Å². The first kappa shape index (κ1) is 138. The van der Waals surface area contributed by atoms with Crippen molar-refractivity contribution in [2.24, 2.45) is 104 Å². The summed E-state index contributed by atoms with van der Waals surface area (Å²) in [6.45, 7) is 76.4. The Labute approximate surface area is 902 Å². The van der Waals surface area contributed by atoms with Crippen molar-refractivity contribution in [3.05, 3.63) is 223 Å². The number of nitrogens with zero attached hydrogens (tertiary/aromatic N) is 15. The molecule has 11 rings (SSSR count). The molecule has 0 radical (unpaired) electrons. The van der Waals surface area contributed by atoms with Gasteiger partial charge in [0, 0.05) is 212 Å². The molecule has 1 saturated heterocycles. The Morgan fingerprint density at radius 2 is 0.980 bits per heavy atom. The molecular formula is C118H200N18O12S. The Morgan fingerprint density at radius 3 is 1.41 bits per heavy atom. The Hall–Kier alpha value is -11.5. The van der Waals surface area contributed by atoms with E-state index in [1.54, 1.807) is 66.1 Å². The van der Waals surface area contributed by atoms with Crippen molar-refractivity contribution in [1.29, 1.82) is 0 Å². The highest BCUT2D eigenvalue weighted by atomic mass is 32.2. The Bertz CT molecular complexity index is 4950. The number of amides is 3. The van der Waals surface area contributed by atoms with Crippen LogP contribution in [0.4, 0.5) is 0 Å². The molecule has 31 heteroatoms. The molecule has 149 heavy (non-hydrogen) atoms. The predicted octanol–water partition coefficient (Wildman–Crippen LogP) is 23.5. The van der Waals surface area contributed by atoms with Crippen LogP contribution in [-0.2, 0) is 120 Å². The van der Waals surface area contributed by atoms with E-state index >= 15 is 0 Å². The number of allylic oxidation sites excluding steroid dienone is 4. The van der Waals surface area contributed by atoms with Gasteiger partial charge in [-0.1, -0.05) is 279 Å². The number of hydrogen-bond acceptors (Lipinski definition) is 23. The quantitative estimate of drug-likeness (QED) is 0.0237. The van der Waals surface area contributed by atoms with E-state index in [-0.39, 0.29) is 92.6 Å². The lowest BCUT2D eigenvalue weighted by Crippen LogP contribution is -2.40. The van der Waals surface area contributed by atoms with Gasteiger partial charge in [0.25, 0.3) is 0 Å². The molecule has 0 spiro atoms. The predicted molar refractivity (Wildman–Crippen MR) is 611 cm³/mol. The molecule has 3 amide bonds. The van der Waals surface area contributed by atoms with Crippen LogP contribution in [-0.4, -0.2) is 168 Å². The molecule has 1 aromatic carbocycles. The first-order valence-corrected chi connectivity index (χ1v) is 55.6. The summed E-state index contributed by atoms with van der Waals surface area (Å²) >= 11 is 0. The van der Waals surface area contributed by atoms with Gasteiger partial charge < -0.3 is 34.9 Å². The van der Waals surface area contributed by atoms with Gasteiger partial charge in [-0.3, -0.25) is 72.0 Å². The van der Waals surface area contributed by atoms with Crippen LogP contribution in [0.5, 0.6) is 0 Å². The molecule has 840 valence electrons. The normalized spacial score (nSPS) is 12.8. The standard InChI is InChI=1S/C13H18O.C12H22.C11H18N2.C10H17N3.C10H16N2O.C10H14N2O.C9H13N3O.2C9H14N2O2.C9H17NO2S.C9H16O.C7H15NO.3H2/c1-10(2)13(14)9-11(3)12-7-5-4-6-8-12;1-10(2)11(3)8-9-12-6-4-5-7-12;1-9(2)10(3)5-6-11-7-8-12-13(11)4;1-8(2)9(3)11-7-10-5-6-12-13(10)4;1-8(2)10(13)4-5-12-7-9(3)6-11-12;1-8(2)10(13)12-7-9-3-5-11-6-4-9;1-7(2)9(13)12-6-8-5-10-3-4-11-8;1-7(2)9(12)13-6-8-4-5-10-11(8)3;1-6(2)8(12)4-5-9-11-10-7(3)13-9;1-8(2)9(3)10-4-6-13(11,12)7-5-10;1-7(2)9(10)6-5-8-3-4-8;1-5-8(4)7(9)6(2)3;;;/h4-8,10-11H,9H2,1-3H3;10,12H,3-9H2,1-2H3;7-9H,3,5-6H2,1-2,4H3;5-6,8,11H,3,7H2,1-2,4H3;6-8H,4-5H2,1-3H3;3-6,8H,7H2,1-2H3,(H,12,13);3-5,7H,6H2,1-2H3,(H,12,13);4-5,7H,6H2,1-3H3;6H,4-5H2,1-3H3;8H,3-7H2,1-2H3;7-8H,3-6H2,1-2H3;6H,5H2,1-4H3;3*1H/t11-;;;;;;;;;;;;;;/m0............../s1. The van der Waals surface area contributed by atoms with E-state index in [1.807, 2.05) is 222 Å². The molecule has 0 unspecified atom stereocenters. The van der Waals surface area contributed by atoms with Gasteiger partial charge >= 0.3 is 5.97 Å². The molecule has 3 fully saturated rings. The number of carbonyl (C=O) groups excluding carboxylic acids is 8. The summed E-state index contributed by atoms with van der Waals surface area (Å²) in [5, 5.41) is 32.6. The molecule has 2 aliphatic carbocycles. The zero-order chi connectivity index (χ0) is 113. The second-order valence-corrected chi connectivity index (χ2v) is 44.6. The third kappa shape index (κ3) is 66.0. The molecule has 3 N–H and O–H groups in total. The van der Waals surface area contributed by atoms with E-state index in [1.165, 1.54) is 79.5 Å². The molecule has 1 aliphatic heterocycles. The fourth-order valence-corrected chi connectivity index (χ4v) is 14.4. The van der Waals surface area contributed by atoms with Crippen LogP contribution in [0, 0.1) is 96.7 Å². The average molecular weight is 2100 g/mol. The molecule has 8 aromatic rings. The monoisotopic (exact) mass is 2090 g/mol. The first-order valence-electron chi connectivity index (χ1n) is 53.8. The maximum absolute atomic E-state index is 11.5. The van der Waals surface area contributed by atoms with Crippen LogP contribution >= 0.6 is 0 Å². The second kappa shape index (κ2) is 76.9. The fraction of sp³-hybridized carbons (Fsp3) is 0.619. The second-order valence-electron chi connectivity index (χ2n) is 42.3. The number of aromatic nitrogens is 13. The summed E-state index contributed by atoms with van der Waals surface area (Å²) in [6, 6.07) is 19.9. The summed E-state index contributed by atoms with van der Waals surface area (Å²) < 4.78 is 39.7. The number of carbonyl (C=O) groups is 8. The molecule has 1 atom stereocenters. The Kier molecular flexibility index (Phi) is 71.0. The maximum atomic E-state index is 11.5. The number of ether oxygens (including phenoxy) is 1.